The van der Waals surface area contributed by atoms with Crippen molar-refractivity contribution < 1.29 is 48.0 Å². The van der Waals surface area contributed by atoms with Gasteiger partial charge in [0.25, 0.3) is 17.6 Å². The predicted molar refractivity (Wildman–Crippen MR) is 195 cm³/mol. The number of benzene rings is 4. The number of fused-ring (bicyclic) bond motifs is 1. The van der Waals surface area contributed by atoms with Crippen LogP contribution in [-0.2, 0) is 48.3 Å². The zero-order valence-corrected chi connectivity index (χ0v) is 29.7. The van der Waals surface area contributed by atoms with Crippen molar-refractivity contribution in [2.24, 2.45) is 16.7 Å². The highest BCUT2D eigenvalue weighted by Crippen LogP contribution is 2.29. The highest BCUT2D eigenvalue weighted by atomic mass is 16.9. The molecule has 0 aliphatic rings. The molecule has 0 saturated heterocycles. The first-order valence-electron chi connectivity index (χ1n) is 16.7. The molecule has 5 rings (SSSR count). The first-order valence-corrected chi connectivity index (χ1v) is 16.7. The van der Waals surface area contributed by atoms with Crippen molar-refractivity contribution in [2.75, 3.05) is 13.3 Å². The summed E-state index contributed by atoms with van der Waals surface area (Å²) in [5, 5.41) is 14.5. The number of para-hydroxylation sites is 1. The van der Waals surface area contributed by atoms with Crippen LogP contribution in [0.3, 0.4) is 0 Å². The standard InChI is InChI=1S/C37H37N7O11/c1-3-50-36-40-32-10-6-9-31(35(46)55-24(2)53-23-45)33(32)42(36)19-25-15-17-28(18-16-25)29-7-4-5-8-30(29)34(38)41-43(39)22-52-37(47)51-20-26-11-13-27(14-12-26)21-54-44(48)49/h4-18,23-24H,3,19-22,39H2,1-2H3,(H2,38,41). The Kier molecular flexibility index (Phi) is 13.1. The number of nitrogens with two attached hydrogens (primary N) is 2. The molecule has 1 unspecified atom stereocenters. The number of carbonyl (C=O) groups is 3. The molecule has 0 aliphatic carbocycles. The minimum atomic E-state index is -1.08. The monoisotopic (exact) mass is 755 g/mol. The molecule has 5 aromatic rings. The second kappa shape index (κ2) is 18.5. The molecule has 286 valence electrons. The topological polar surface area (TPSA) is 235 Å². The molecule has 18 heteroatoms. The lowest BCUT2D eigenvalue weighted by Crippen LogP contribution is -2.33. The first kappa shape index (κ1) is 39.0. The number of rotatable bonds is 18. The third kappa shape index (κ3) is 10.4. The SMILES string of the molecule is CCOc1nc2cccc(C(=O)OC(C)OC=O)c2n1Cc1ccc(-c2ccccc2/C(N)=N/N(N)COC(=O)OCc2ccc(CO[N+](=O)[O-])cc2)cc1. The molecule has 0 saturated carbocycles. The van der Waals surface area contributed by atoms with E-state index in [4.69, 9.17) is 35.3 Å². The number of hydrogen-bond acceptors (Lipinski definition) is 15. The van der Waals surface area contributed by atoms with Crippen LogP contribution in [0.1, 0.15) is 46.5 Å². The van der Waals surface area contributed by atoms with Gasteiger partial charge in [-0.05, 0) is 46.9 Å². The number of ether oxygens (including phenoxy) is 5. The van der Waals surface area contributed by atoms with Gasteiger partial charge in [0.05, 0.1) is 29.7 Å². The number of hydrazone groups is 1. The second-order valence-electron chi connectivity index (χ2n) is 11.6. The molecule has 0 aliphatic heterocycles. The molecule has 55 heavy (non-hydrogen) atoms. The summed E-state index contributed by atoms with van der Waals surface area (Å²) < 4.78 is 27.8. The maximum Gasteiger partial charge on any atom is 0.510 e. The van der Waals surface area contributed by atoms with Gasteiger partial charge in [0.15, 0.2) is 12.6 Å². The number of nitrogens with zero attached hydrogens (tertiary/aromatic N) is 5. The van der Waals surface area contributed by atoms with Gasteiger partial charge in [-0.25, -0.2) is 15.4 Å². The number of hydrogen-bond donors (Lipinski definition) is 2. The van der Waals surface area contributed by atoms with E-state index >= 15 is 0 Å². The van der Waals surface area contributed by atoms with Crippen molar-refractivity contribution in [1.82, 2.24) is 14.7 Å². The number of aromatic nitrogens is 2. The molecule has 0 radical (unpaired) electrons. The summed E-state index contributed by atoms with van der Waals surface area (Å²) in [7, 11) is 0. The predicted octanol–water partition coefficient (Wildman–Crippen LogP) is 4.64. The van der Waals surface area contributed by atoms with E-state index in [0.29, 0.717) is 46.9 Å². The lowest BCUT2D eigenvalue weighted by molar-refractivity contribution is -0.763. The van der Waals surface area contributed by atoms with E-state index in [0.717, 1.165) is 21.8 Å². The molecule has 1 atom stereocenters. The maximum atomic E-state index is 13.1. The molecule has 4 N–H and O–H groups in total. The van der Waals surface area contributed by atoms with Gasteiger partial charge in [-0.15, -0.1) is 15.2 Å². The third-order valence-corrected chi connectivity index (χ3v) is 7.82. The van der Waals surface area contributed by atoms with Crippen molar-refractivity contribution in [1.29, 1.82) is 0 Å². The summed E-state index contributed by atoms with van der Waals surface area (Å²) in [6.07, 6.45) is -2.09. The van der Waals surface area contributed by atoms with Gasteiger partial charge < -0.3 is 34.3 Å². The van der Waals surface area contributed by atoms with Crippen LogP contribution in [0, 0.1) is 10.1 Å². The van der Waals surface area contributed by atoms with Crippen molar-refractivity contribution in [3.8, 4) is 17.1 Å². The van der Waals surface area contributed by atoms with Gasteiger partial charge >= 0.3 is 12.1 Å². The average Bonchev–Trinajstić information content (AvgIpc) is 3.52. The van der Waals surface area contributed by atoms with E-state index in [-0.39, 0.29) is 31.1 Å². The van der Waals surface area contributed by atoms with Crippen molar-refractivity contribution in [3.63, 3.8) is 0 Å². The van der Waals surface area contributed by atoms with Gasteiger partial charge in [0, 0.05) is 12.5 Å². The third-order valence-electron chi connectivity index (χ3n) is 7.82. The number of amidine groups is 1. The van der Waals surface area contributed by atoms with Gasteiger partial charge in [-0.1, -0.05) is 78.9 Å². The molecule has 0 bridgehead atoms. The van der Waals surface area contributed by atoms with E-state index in [2.05, 4.69) is 14.9 Å². The maximum absolute atomic E-state index is 13.1. The quantitative estimate of drug-likeness (QED) is 0.0181. The summed E-state index contributed by atoms with van der Waals surface area (Å²) in [6, 6.07) is 26.7. The van der Waals surface area contributed by atoms with E-state index in [1.807, 2.05) is 43.3 Å². The first-order chi connectivity index (χ1) is 26.6. The van der Waals surface area contributed by atoms with Crippen LogP contribution in [0.2, 0.25) is 0 Å². The highest BCUT2D eigenvalue weighted by molar-refractivity contribution is 6.03. The van der Waals surface area contributed by atoms with Crippen molar-refractivity contribution in [3.05, 3.63) is 129 Å². The second-order valence-corrected chi connectivity index (χ2v) is 11.6. The summed E-state index contributed by atoms with van der Waals surface area (Å²) >= 11 is 0. The summed E-state index contributed by atoms with van der Waals surface area (Å²) in [5.74, 6) is 5.32. The van der Waals surface area contributed by atoms with Gasteiger partial charge in [-0.2, -0.15) is 10.1 Å². The highest BCUT2D eigenvalue weighted by Gasteiger charge is 2.22. The molecular formula is C37H37N7O11. The Balaban J connectivity index is 1.24. The Labute approximate surface area is 313 Å². The smallest absolute Gasteiger partial charge is 0.465 e. The van der Waals surface area contributed by atoms with Crippen LogP contribution in [0.15, 0.2) is 96.1 Å². The molecule has 1 heterocycles. The van der Waals surface area contributed by atoms with Crippen LogP contribution in [-0.4, -0.2) is 63.8 Å². The fourth-order valence-corrected chi connectivity index (χ4v) is 5.35. The summed E-state index contributed by atoms with van der Waals surface area (Å²) in [6.45, 7) is 3.32. The van der Waals surface area contributed by atoms with E-state index < -0.39 is 30.2 Å². The molecular weight excluding hydrogens is 718 g/mol. The van der Waals surface area contributed by atoms with Crippen LogP contribution in [0.4, 0.5) is 4.79 Å². The van der Waals surface area contributed by atoms with Crippen LogP contribution in [0.5, 0.6) is 6.01 Å². The fraction of sp³-hybridized carbons (Fsp3) is 0.216. The number of esters is 1. The Morgan fingerprint density at radius 2 is 1.62 bits per heavy atom. The van der Waals surface area contributed by atoms with Crippen molar-refractivity contribution in [2.45, 2.75) is 39.9 Å². The Morgan fingerprint density at radius 3 is 2.31 bits per heavy atom. The van der Waals surface area contributed by atoms with E-state index in [9.17, 15) is 24.5 Å². The summed E-state index contributed by atoms with van der Waals surface area (Å²) in [5.41, 5.74) is 11.8. The minimum Gasteiger partial charge on any atom is -0.465 e. The van der Waals surface area contributed by atoms with Gasteiger partial charge in [0.1, 0.15) is 13.2 Å². The Hall–Kier alpha value is -7.21. The van der Waals surface area contributed by atoms with Crippen LogP contribution < -0.4 is 16.3 Å². The van der Waals surface area contributed by atoms with Gasteiger partial charge in [-0.3, -0.25) is 9.36 Å². The normalized spacial score (nSPS) is 11.7. The largest absolute Gasteiger partial charge is 0.510 e. The molecule has 4 aromatic carbocycles. The van der Waals surface area contributed by atoms with Crippen LogP contribution >= 0.6 is 0 Å². The molecule has 0 amide bonds. The lowest BCUT2D eigenvalue weighted by atomic mass is 9.98. The molecule has 0 fully saturated rings. The fourth-order valence-electron chi connectivity index (χ4n) is 5.35. The number of hydrazine groups is 1. The summed E-state index contributed by atoms with van der Waals surface area (Å²) in [4.78, 5) is 55.2. The Bertz CT molecular complexity index is 2160. The molecule has 1 aromatic heterocycles. The zero-order chi connectivity index (χ0) is 39.3. The van der Waals surface area contributed by atoms with E-state index in [1.165, 1.54) is 6.92 Å². The number of carbonyl (C=O) groups excluding carboxylic acids is 3. The number of imidazole rings is 1. The van der Waals surface area contributed by atoms with Crippen LogP contribution in [0.25, 0.3) is 22.2 Å². The average molecular weight is 756 g/mol. The molecule has 18 nitrogen and oxygen atoms in total. The minimum absolute atomic E-state index is 0.0545. The zero-order valence-electron chi connectivity index (χ0n) is 29.7. The Morgan fingerprint density at radius 1 is 0.945 bits per heavy atom. The van der Waals surface area contributed by atoms with Gasteiger partial charge in [0.2, 0.25) is 6.29 Å². The lowest BCUT2D eigenvalue weighted by Gasteiger charge is -2.16. The van der Waals surface area contributed by atoms with Crippen molar-refractivity contribution >= 4 is 35.5 Å². The molecule has 0 spiro atoms. The van der Waals surface area contributed by atoms with E-state index in [1.54, 1.807) is 59.2 Å².